The maximum absolute atomic E-state index is 12.6. The quantitative estimate of drug-likeness (QED) is 0.402. The Morgan fingerprint density at radius 1 is 1.25 bits per heavy atom. The zero-order valence-electron chi connectivity index (χ0n) is 17.8. The van der Waals surface area contributed by atoms with E-state index in [1.54, 1.807) is 0 Å². The molecular weight excluding hydrogens is 434 g/mol. The largest absolute Gasteiger partial charge is 0.300 e. The first kappa shape index (κ1) is 22.0. The van der Waals surface area contributed by atoms with Gasteiger partial charge < -0.3 is 5.32 Å². The summed E-state index contributed by atoms with van der Waals surface area (Å²) < 4.78 is 0. The van der Waals surface area contributed by atoms with Crippen molar-refractivity contribution >= 4 is 39.9 Å². The van der Waals surface area contributed by atoms with Crippen LogP contribution in [-0.4, -0.2) is 57.1 Å². The molecule has 3 amide bonds. The van der Waals surface area contributed by atoms with Gasteiger partial charge in [-0.2, -0.15) is 0 Å². The van der Waals surface area contributed by atoms with E-state index in [9.17, 15) is 24.5 Å². The monoisotopic (exact) mass is 457 g/mol. The fourth-order valence-corrected chi connectivity index (χ4v) is 4.91. The van der Waals surface area contributed by atoms with E-state index in [0.29, 0.717) is 5.13 Å². The van der Waals surface area contributed by atoms with Crippen molar-refractivity contribution in [3.05, 3.63) is 50.0 Å². The second kappa shape index (κ2) is 8.75. The van der Waals surface area contributed by atoms with Crippen LogP contribution in [0.25, 0.3) is 0 Å². The van der Waals surface area contributed by atoms with Gasteiger partial charge in [0, 0.05) is 23.6 Å². The van der Waals surface area contributed by atoms with Crippen LogP contribution < -0.4 is 5.32 Å². The average molecular weight is 458 g/mol. The van der Waals surface area contributed by atoms with Crippen molar-refractivity contribution in [2.24, 2.45) is 5.92 Å². The van der Waals surface area contributed by atoms with Crippen LogP contribution in [0.5, 0.6) is 0 Å². The molecule has 10 nitrogen and oxygen atoms in total. The number of hydrogen-bond acceptors (Lipinski definition) is 8. The number of hydrogen-bond donors (Lipinski definition) is 1. The van der Waals surface area contributed by atoms with Crippen LogP contribution in [0, 0.1) is 23.0 Å². The molecule has 1 saturated heterocycles. The van der Waals surface area contributed by atoms with Gasteiger partial charge in [0.1, 0.15) is 6.54 Å². The maximum Gasteiger partial charge on any atom is 0.270 e. The van der Waals surface area contributed by atoms with E-state index >= 15 is 0 Å². The number of anilines is 1. The summed E-state index contributed by atoms with van der Waals surface area (Å²) >= 11 is 1.39. The Kier molecular flexibility index (Phi) is 6.02. The molecule has 4 rings (SSSR count). The summed E-state index contributed by atoms with van der Waals surface area (Å²) in [5.74, 6) is -1.18. The number of rotatable bonds is 6. The first-order valence-electron chi connectivity index (χ1n) is 10.4. The summed E-state index contributed by atoms with van der Waals surface area (Å²) in [7, 11) is 0. The SMILES string of the molecule is Cc1nc(NC(=O)CN2C(=O)c3ccc([N+](=O)[O-])cc3C2=O)sc1CN1CCC(C)CC1. The number of nitrogens with one attached hydrogen (secondary N) is 1. The van der Waals surface area contributed by atoms with Crippen LogP contribution in [-0.2, 0) is 11.3 Å². The highest BCUT2D eigenvalue weighted by Crippen LogP contribution is 2.28. The van der Waals surface area contributed by atoms with E-state index in [0.717, 1.165) is 53.2 Å². The Bertz CT molecular complexity index is 1110. The second-order valence-electron chi connectivity index (χ2n) is 8.22. The molecule has 0 saturated carbocycles. The fraction of sp³-hybridized carbons (Fsp3) is 0.429. The van der Waals surface area contributed by atoms with Crippen LogP contribution in [0.1, 0.15) is 51.1 Å². The molecule has 0 bridgehead atoms. The summed E-state index contributed by atoms with van der Waals surface area (Å²) in [6.45, 7) is 6.53. The van der Waals surface area contributed by atoms with Crippen molar-refractivity contribution in [2.45, 2.75) is 33.2 Å². The summed E-state index contributed by atoms with van der Waals surface area (Å²) in [5.41, 5.74) is 0.541. The highest BCUT2D eigenvalue weighted by atomic mass is 32.1. The summed E-state index contributed by atoms with van der Waals surface area (Å²) in [6.07, 6.45) is 2.34. The van der Waals surface area contributed by atoms with Gasteiger partial charge in [-0.25, -0.2) is 4.98 Å². The number of piperidine rings is 1. The Morgan fingerprint density at radius 2 is 1.94 bits per heavy atom. The number of aryl methyl sites for hydroxylation is 1. The third kappa shape index (κ3) is 4.39. The average Bonchev–Trinajstić information content (AvgIpc) is 3.21. The van der Waals surface area contributed by atoms with Gasteiger partial charge in [-0.15, -0.1) is 11.3 Å². The van der Waals surface area contributed by atoms with Gasteiger partial charge in [-0.1, -0.05) is 6.92 Å². The minimum Gasteiger partial charge on any atom is -0.300 e. The lowest BCUT2D eigenvalue weighted by Crippen LogP contribution is -2.37. The van der Waals surface area contributed by atoms with Gasteiger partial charge in [0.2, 0.25) is 5.91 Å². The number of amides is 3. The molecule has 0 atom stereocenters. The number of thiazole rings is 1. The smallest absolute Gasteiger partial charge is 0.270 e. The number of carbonyl (C=O) groups excluding carboxylic acids is 3. The Hall–Kier alpha value is -3.18. The molecule has 1 aromatic carbocycles. The van der Waals surface area contributed by atoms with Gasteiger partial charge in [0.25, 0.3) is 17.5 Å². The predicted molar refractivity (Wildman–Crippen MR) is 118 cm³/mol. The van der Waals surface area contributed by atoms with Gasteiger partial charge >= 0.3 is 0 Å². The molecule has 0 aliphatic carbocycles. The van der Waals surface area contributed by atoms with Crippen molar-refractivity contribution in [1.82, 2.24) is 14.8 Å². The molecule has 32 heavy (non-hydrogen) atoms. The van der Waals surface area contributed by atoms with E-state index in [-0.39, 0.29) is 16.8 Å². The minimum absolute atomic E-state index is 0.0524. The zero-order valence-corrected chi connectivity index (χ0v) is 18.6. The molecule has 0 radical (unpaired) electrons. The molecule has 1 aromatic heterocycles. The van der Waals surface area contributed by atoms with Crippen molar-refractivity contribution in [3.8, 4) is 0 Å². The van der Waals surface area contributed by atoms with Gasteiger partial charge in [0.05, 0.1) is 21.7 Å². The number of aromatic nitrogens is 1. The van der Waals surface area contributed by atoms with E-state index in [1.807, 2.05) is 6.92 Å². The van der Waals surface area contributed by atoms with Gasteiger partial charge in [0.15, 0.2) is 5.13 Å². The maximum atomic E-state index is 12.6. The van der Waals surface area contributed by atoms with Crippen molar-refractivity contribution < 1.29 is 19.3 Å². The van der Waals surface area contributed by atoms with Crippen LogP contribution in [0.4, 0.5) is 10.8 Å². The normalized spacial score (nSPS) is 17.0. The lowest BCUT2D eigenvalue weighted by molar-refractivity contribution is -0.384. The number of benzene rings is 1. The summed E-state index contributed by atoms with van der Waals surface area (Å²) in [4.78, 5) is 56.6. The van der Waals surface area contributed by atoms with E-state index < -0.39 is 29.2 Å². The van der Waals surface area contributed by atoms with E-state index in [1.165, 1.54) is 30.2 Å². The predicted octanol–water partition coefficient (Wildman–Crippen LogP) is 2.83. The number of nitrogens with zero attached hydrogens (tertiary/aromatic N) is 4. The molecule has 2 aliphatic rings. The Morgan fingerprint density at radius 3 is 2.62 bits per heavy atom. The number of non-ortho nitro benzene ring substituents is 1. The molecule has 0 unspecified atom stereocenters. The van der Waals surface area contributed by atoms with Gasteiger partial charge in [-0.3, -0.25) is 34.3 Å². The first-order valence-corrected chi connectivity index (χ1v) is 11.2. The summed E-state index contributed by atoms with van der Waals surface area (Å²) in [5, 5.41) is 14.0. The van der Waals surface area contributed by atoms with E-state index in [4.69, 9.17) is 0 Å². The molecule has 2 aliphatic heterocycles. The molecule has 168 valence electrons. The number of nitro benzene ring substituents is 1. The highest BCUT2D eigenvalue weighted by molar-refractivity contribution is 7.15. The van der Waals surface area contributed by atoms with Crippen molar-refractivity contribution in [2.75, 3.05) is 25.0 Å². The first-order chi connectivity index (χ1) is 15.2. The van der Waals surface area contributed by atoms with Crippen molar-refractivity contribution in [3.63, 3.8) is 0 Å². The molecule has 0 spiro atoms. The zero-order chi connectivity index (χ0) is 23.0. The van der Waals surface area contributed by atoms with Crippen LogP contribution in [0.3, 0.4) is 0 Å². The summed E-state index contributed by atoms with van der Waals surface area (Å²) in [6, 6.07) is 3.46. The molecular formula is C21H23N5O5S. The van der Waals surface area contributed by atoms with E-state index in [2.05, 4.69) is 22.1 Å². The number of fused-ring (bicyclic) bond motifs is 1. The second-order valence-corrected chi connectivity index (χ2v) is 9.30. The van der Waals surface area contributed by atoms with Crippen LogP contribution in [0.15, 0.2) is 18.2 Å². The Balaban J connectivity index is 1.39. The number of imide groups is 1. The van der Waals surface area contributed by atoms with Crippen LogP contribution in [0.2, 0.25) is 0 Å². The molecule has 1 N–H and O–H groups in total. The number of nitro groups is 1. The van der Waals surface area contributed by atoms with Crippen LogP contribution >= 0.6 is 11.3 Å². The third-order valence-corrected chi connectivity index (χ3v) is 6.91. The highest BCUT2D eigenvalue weighted by Gasteiger charge is 2.38. The Labute approximate surface area is 188 Å². The topological polar surface area (TPSA) is 126 Å². The minimum atomic E-state index is -0.723. The van der Waals surface area contributed by atoms with Gasteiger partial charge in [-0.05, 0) is 44.8 Å². The third-order valence-electron chi connectivity index (χ3n) is 5.85. The van der Waals surface area contributed by atoms with Crippen molar-refractivity contribution in [1.29, 1.82) is 0 Å². The molecule has 1 fully saturated rings. The fourth-order valence-electron chi connectivity index (χ4n) is 3.89. The number of carbonyl (C=O) groups is 3. The lowest BCUT2D eigenvalue weighted by atomic mass is 9.99. The molecule has 11 heteroatoms. The lowest BCUT2D eigenvalue weighted by Gasteiger charge is -2.29. The molecule has 3 heterocycles. The standard InChI is InChI=1S/C21H23N5O5S/c1-12-5-7-24(8-6-12)10-17-13(2)22-21(32-17)23-18(27)11-25-19(28)15-4-3-14(26(30)31)9-16(15)20(25)29/h3-4,9,12H,5-8,10-11H2,1-2H3,(H,22,23,27). The number of likely N-dealkylation sites (tertiary alicyclic amines) is 1. The molecule has 2 aromatic rings.